The zero-order chi connectivity index (χ0) is 14.8. The molecule has 108 valence electrons. The summed E-state index contributed by atoms with van der Waals surface area (Å²) in [6.07, 6.45) is 3.39. The lowest BCUT2D eigenvalue weighted by atomic mass is 10.1. The van der Waals surface area contributed by atoms with Crippen LogP contribution in [0.25, 0.3) is 0 Å². The molecule has 0 bridgehead atoms. The number of aliphatic hydroxyl groups excluding tert-OH is 1. The molecule has 0 spiro atoms. The summed E-state index contributed by atoms with van der Waals surface area (Å²) in [7, 11) is -0.894. The molecule has 0 aliphatic carbocycles. The van der Waals surface area contributed by atoms with Crippen LogP contribution in [0.5, 0.6) is 0 Å². The van der Waals surface area contributed by atoms with Crippen molar-refractivity contribution in [2.24, 2.45) is 0 Å². The number of hydrogen-bond acceptors (Lipinski definition) is 4. The Kier molecular flexibility index (Phi) is 7.55. The number of rotatable bonds is 6. The standard InChI is InChI=1S/C14H18N2O3S/c1-2-20(19)10-8-16-14(18)13-6-7-15-11-12(13)5-3-4-9-17/h6-7,11,17H,2,4,8-10H2,1H3,(H,16,18). The molecule has 1 unspecified atom stereocenters. The smallest absolute Gasteiger partial charge is 0.252 e. The van der Waals surface area contributed by atoms with E-state index in [4.69, 9.17) is 5.11 Å². The van der Waals surface area contributed by atoms with Crippen molar-refractivity contribution in [1.82, 2.24) is 10.3 Å². The monoisotopic (exact) mass is 294 g/mol. The molecule has 0 radical (unpaired) electrons. The van der Waals surface area contributed by atoms with Crippen molar-refractivity contribution < 1.29 is 14.1 Å². The van der Waals surface area contributed by atoms with E-state index in [2.05, 4.69) is 22.1 Å². The number of nitrogens with zero attached hydrogens (tertiary/aromatic N) is 1. The van der Waals surface area contributed by atoms with Gasteiger partial charge < -0.3 is 10.4 Å². The van der Waals surface area contributed by atoms with Gasteiger partial charge in [-0.25, -0.2) is 0 Å². The maximum absolute atomic E-state index is 12.0. The molecule has 2 N–H and O–H groups in total. The van der Waals surface area contributed by atoms with Gasteiger partial charge in [-0.2, -0.15) is 0 Å². The first-order valence-corrected chi connectivity index (χ1v) is 7.84. The van der Waals surface area contributed by atoms with E-state index in [1.54, 1.807) is 6.07 Å². The van der Waals surface area contributed by atoms with Crippen LogP contribution in [0.15, 0.2) is 18.5 Å². The molecular formula is C14H18N2O3S. The number of carbonyl (C=O) groups excluding carboxylic acids is 1. The Labute approximate surface area is 121 Å². The quantitative estimate of drug-likeness (QED) is 0.740. The van der Waals surface area contributed by atoms with E-state index in [0.717, 1.165) is 0 Å². The average molecular weight is 294 g/mol. The zero-order valence-electron chi connectivity index (χ0n) is 11.4. The van der Waals surface area contributed by atoms with E-state index in [1.807, 2.05) is 6.92 Å². The van der Waals surface area contributed by atoms with Gasteiger partial charge in [-0.15, -0.1) is 0 Å². The largest absolute Gasteiger partial charge is 0.395 e. The van der Waals surface area contributed by atoms with E-state index >= 15 is 0 Å². The molecule has 1 heterocycles. The first-order valence-electron chi connectivity index (χ1n) is 6.36. The first kappa shape index (κ1) is 16.3. The molecule has 6 heteroatoms. The number of amides is 1. The molecule has 1 aromatic heterocycles. The number of aliphatic hydroxyl groups is 1. The third-order valence-electron chi connectivity index (χ3n) is 2.46. The Bertz CT molecular complexity index is 535. The van der Waals surface area contributed by atoms with Crippen molar-refractivity contribution in [3.63, 3.8) is 0 Å². The first-order chi connectivity index (χ1) is 9.69. The SMILES string of the molecule is CCS(=O)CCNC(=O)c1ccncc1C#CCCO. The summed E-state index contributed by atoms with van der Waals surface area (Å²) >= 11 is 0. The predicted molar refractivity (Wildman–Crippen MR) is 78.7 cm³/mol. The van der Waals surface area contributed by atoms with Crippen LogP contribution in [0.4, 0.5) is 0 Å². The highest BCUT2D eigenvalue weighted by Gasteiger charge is 2.09. The lowest BCUT2D eigenvalue weighted by molar-refractivity contribution is 0.0956. The molecule has 5 nitrogen and oxygen atoms in total. The van der Waals surface area contributed by atoms with Crippen molar-refractivity contribution in [2.75, 3.05) is 24.7 Å². The molecule has 1 amide bonds. The number of hydrogen-bond donors (Lipinski definition) is 2. The summed E-state index contributed by atoms with van der Waals surface area (Å²) in [5.74, 6) is 6.35. The van der Waals surface area contributed by atoms with Gasteiger partial charge in [-0.05, 0) is 6.07 Å². The summed E-state index contributed by atoms with van der Waals surface area (Å²) in [5, 5.41) is 11.4. The topological polar surface area (TPSA) is 79.3 Å². The van der Waals surface area contributed by atoms with Gasteiger partial charge in [-0.1, -0.05) is 18.8 Å². The van der Waals surface area contributed by atoms with E-state index in [9.17, 15) is 9.00 Å². The van der Waals surface area contributed by atoms with Crippen LogP contribution in [0.1, 0.15) is 29.3 Å². The Balaban J connectivity index is 2.68. The van der Waals surface area contributed by atoms with E-state index in [1.165, 1.54) is 12.4 Å². The highest BCUT2D eigenvalue weighted by Crippen LogP contribution is 2.05. The minimum atomic E-state index is -0.894. The molecule has 1 rings (SSSR count). The Morgan fingerprint density at radius 1 is 1.55 bits per heavy atom. The van der Waals surface area contributed by atoms with Gasteiger partial charge in [0.05, 0.1) is 17.7 Å². The van der Waals surface area contributed by atoms with Crippen molar-refractivity contribution in [3.05, 3.63) is 29.6 Å². The lowest BCUT2D eigenvalue weighted by Gasteiger charge is -2.06. The van der Waals surface area contributed by atoms with Gasteiger partial charge in [0.2, 0.25) is 0 Å². The highest BCUT2D eigenvalue weighted by molar-refractivity contribution is 7.84. The average Bonchev–Trinajstić information content (AvgIpc) is 2.47. The van der Waals surface area contributed by atoms with Crippen LogP contribution < -0.4 is 5.32 Å². The molecular weight excluding hydrogens is 276 g/mol. The van der Waals surface area contributed by atoms with Gasteiger partial charge in [0.1, 0.15) is 0 Å². The van der Waals surface area contributed by atoms with Crippen LogP contribution in [-0.2, 0) is 10.8 Å². The molecule has 0 aliphatic rings. The maximum atomic E-state index is 12.0. The van der Waals surface area contributed by atoms with Crippen LogP contribution in [-0.4, -0.2) is 44.9 Å². The Morgan fingerprint density at radius 2 is 2.35 bits per heavy atom. The fourth-order valence-corrected chi connectivity index (χ4v) is 2.04. The van der Waals surface area contributed by atoms with Crippen molar-refractivity contribution in [1.29, 1.82) is 0 Å². The fraction of sp³-hybridized carbons (Fsp3) is 0.429. The number of pyridine rings is 1. The van der Waals surface area contributed by atoms with Gasteiger partial charge in [0, 0.05) is 47.7 Å². The second kappa shape index (κ2) is 9.23. The number of nitrogens with one attached hydrogen (secondary N) is 1. The van der Waals surface area contributed by atoms with Gasteiger partial charge in [0.15, 0.2) is 0 Å². The Hall–Kier alpha value is -1.71. The third-order valence-corrected chi connectivity index (χ3v) is 3.77. The molecule has 0 aromatic carbocycles. The van der Waals surface area contributed by atoms with Crippen LogP contribution in [0.2, 0.25) is 0 Å². The molecule has 20 heavy (non-hydrogen) atoms. The van der Waals surface area contributed by atoms with Gasteiger partial charge >= 0.3 is 0 Å². The zero-order valence-corrected chi connectivity index (χ0v) is 12.2. The summed E-state index contributed by atoms with van der Waals surface area (Å²) in [6, 6.07) is 1.59. The molecule has 1 aromatic rings. The summed E-state index contributed by atoms with van der Waals surface area (Å²) in [4.78, 5) is 15.9. The van der Waals surface area contributed by atoms with E-state index < -0.39 is 10.8 Å². The van der Waals surface area contributed by atoms with Crippen LogP contribution >= 0.6 is 0 Å². The second-order valence-corrected chi connectivity index (χ2v) is 5.75. The van der Waals surface area contributed by atoms with Crippen LogP contribution in [0.3, 0.4) is 0 Å². The number of aromatic nitrogens is 1. The normalized spacial score (nSPS) is 11.3. The highest BCUT2D eigenvalue weighted by atomic mass is 32.2. The lowest BCUT2D eigenvalue weighted by Crippen LogP contribution is -2.28. The third kappa shape index (κ3) is 5.51. The molecule has 0 saturated carbocycles. The second-order valence-electron chi connectivity index (χ2n) is 3.89. The molecule has 0 saturated heterocycles. The summed E-state index contributed by atoms with van der Waals surface area (Å²) < 4.78 is 11.3. The minimum absolute atomic E-state index is 0.0162. The van der Waals surface area contributed by atoms with E-state index in [-0.39, 0.29) is 12.5 Å². The van der Waals surface area contributed by atoms with E-state index in [0.29, 0.717) is 35.6 Å². The summed E-state index contributed by atoms with van der Waals surface area (Å²) in [6.45, 7) is 2.19. The fourth-order valence-electron chi connectivity index (χ4n) is 1.42. The molecule has 1 atom stereocenters. The maximum Gasteiger partial charge on any atom is 0.252 e. The molecule has 0 fully saturated rings. The Morgan fingerprint density at radius 3 is 3.05 bits per heavy atom. The van der Waals surface area contributed by atoms with Gasteiger partial charge in [0.25, 0.3) is 5.91 Å². The summed E-state index contributed by atoms with van der Waals surface area (Å²) in [5.41, 5.74) is 0.961. The van der Waals surface area contributed by atoms with Crippen molar-refractivity contribution in [3.8, 4) is 11.8 Å². The van der Waals surface area contributed by atoms with Crippen molar-refractivity contribution in [2.45, 2.75) is 13.3 Å². The number of carbonyl (C=O) groups is 1. The van der Waals surface area contributed by atoms with Gasteiger partial charge in [-0.3, -0.25) is 14.0 Å². The predicted octanol–water partition coefficient (Wildman–Crippen LogP) is 0.314. The van der Waals surface area contributed by atoms with Crippen molar-refractivity contribution >= 4 is 16.7 Å². The van der Waals surface area contributed by atoms with Crippen LogP contribution in [0, 0.1) is 11.8 Å². The molecule has 0 aliphatic heterocycles. The minimum Gasteiger partial charge on any atom is -0.395 e.